The van der Waals surface area contributed by atoms with Crippen LogP contribution in [0.15, 0.2) is 33.8 Å². The molecule has 8 heteroatoms. The first-order valence-electron chi connectivity index (χ1n) is 8.55. The van der Waals surface area contributed by atoms with Crippen LogP contribution in [0.5, 0.6) is 0 Å². The first-order valence-corrected chi connectivity index (χ1v) is 9.43. The maximum atomic E-state index is 5.86. The fraction of sp³-hybridized carbons (Fsp3) is 0.471. The SMILES string of the molecule is Cc1ccc(-c2nnc([C@@H](C)Sc3nnnn3C3CCCC3)o2)cc1. The van der Waals surface area contributed by atoms with Crippen molar-refractivity contribution in [1.82, 2.24) is 30.4 Å². The van der Waals surface area contributed by atoms with Crippen molar-refractivity contribution in [2.45, 2.75) is 56.0 Å². The molecule has 0 bridgehead atoms. The molecule has 2 aromatic heterocycles. The van der Waals surface area contributed by atoms with E-state index in [2.05, 4.69) is 32.6 Å². The van der Waals surface area contributed by atoms with E-state index in [1.54, 1.807) is 11.8 Å². The monoisotopic (exact) mass is 356 g/mol. The molecule has 3 aromatic rings. The standard InChI is InChI=1S/C17H20N6OS/c1-11-7-9-13(10-8-11)16-19-18-15(24-16)12(2)25-17-20-21-22-23(17)14-5-3-4-6-14/h7-10,12,14H,3-6H2,1-2H3/t12-/m1/s1. The second kappa shape index (κ2) is 6.95. The van der Waals surface area contributed by atoms with E-state index in [0.717, 1.165) is 23.6 Å². The predicted molar refractivity (Wildman–Crippen MR) is 94.1 cm³/mol. The molecule has 1 aromatic carbocycles. The molecule has 25 heavy (non-hydrogen) atoms. The molecule has 0 aliphatic heterocycles. The van der Waals surface area contributed by atoms with Crippen LogP contribution < -0.4 is 0 Å². The lowest BCUT2D eigenvalue weighted by Gasteiger charge is -2.12. The van der Waals surface area contributed by atoms with Crippen molar-refractivity contribution in [3.63, 3.8) is 0 Å². The summed E-state index contributed by atoms with van der Waals surface area (Å²) in [5.41, 5.74) is 2.13. The molecule has 1 atom stereocenters. The van der Waals surface area contributed by atoms with Gasteiger partial charge in [0.15, 0.2) is 0 Å². The van der Waals surface area contributed by atoms with Crippen molar-refractivity contribution < 1.29 is 4.42 Å². The molecule has 0 radical (unpaired) electrons. The van der Waals surface area contributed by atoms with Crippen LogP contribution in [0.4, 0.5) is 0 Å². The molecule has 4 rings (SSSR count). The van der Waals surface area contributed by atoms with Crippen molar-refractivity contribution >= 4 is 11.8 Å². The largest absolute Gasteiger partial charge is 0.419 e. The first kappa shape index (κ1) is 16.3. The molecule has 0 unspecified atom stereocenters. The topological polar surface area (TPSA) is 82.5 Å². The summed E-state index contributed by atoms with van der Waals surface area (Å²) in [5.74, 6) is 1.12. The van der Waals surface area contributed by atoms with E-state index in [4.69, 9.17) is 4.42 Å². The molecule has 2 heterocycles. The van der Waals surface area contributed by atoms with Gasteiger partial charge in [0, 0.05) is 5.56 Å². The molecular weight excluding hydrogens is 336 g/mol. The van der Waals surface area contributed by atoms with E-state index in [1.807, 2.05) is 35.9 Å². The maximum Gasteiger partial charge on any atom is 0.247 e. The Morgan fingerprint density at radius 3 is 2.64 bits per heavy atom. The number of rotatable bonds is 5. The number of aromatic nitrogens is 6. The summed E-state index contributed by atoms with van der Waals surface area (Å²) in [5, 5.41) is 21.4. The van der Waals surface area contributed by atoms with E-state index >= 15 is 0 Å². The van der Waals surface area contributed by atoms with Crippen LogP contribution in [-0.4, -0.2) is 30.4 Å². The number of tetrazole rings is 1. The number of hydrogen-bond acceptors (Lipinski definition) is 7. The zero-order valence-corrected chi connectivity index (χ0v) is 15.1. The van der Waals surface area contributed by atoms with Gasteiger partial charge in [0.25, 0.3) is 0 Å². The number of nitrogens with zero attached hydrogens (tertiary/aromatic N) is 6. The molecule has 130 valence electrons. The van der Waals surface area contributed by atoms with Crippen molar-refractivity contribution in [2.75, 3.05) is 0 Å². The van der Waals surface area contributed by atoms with Gasteiger partial charge in [-0.05, 0) is 49.2 Å². The van der Waals surface area contributed by atoms with Gasteiger partial charge >= 0.3 is 0 Å². The third kappa shape index (κ3) is 3.44. The quantitative estimate of drug-likeness (QED) is 0.639. The first-order chi connectivity index (χ1) is 12.2. The summed E-state index contributed by atoms with van der Waals surface area (Å²) in [7, 11) is 0. The Morgan fingerprint density at radius 1 is 1.12 bits per heavy atom. The normalized spacial score (nSPS) is 16.4. The Balaban J connectivity index is 1.49. The summed E-state index contributed by atoms with van der Waals surface area (Å²) < 4.78 is 7.81. The van der Waals surface area contributed by atoms with Gasteiger partial charge in [-0.1, -0.05) is 42.3 Å². The molecule has 0 amide bonds. The number of benzene rings is 1. The number of thioether (sulfide) groups is 1. The number of hydrogen-bond donors (Lipinski definition) is 0. The third-order valence-electron chi connectivity index (χ3n) is 4.50. The van der Waals surface area contributed by atoms with Crippen molar-refractivity contribution in [1.29, 1.82) is 0 Å². The molecule has 1 fully saturated rings. The Hall–Kier alpha value is -2.22. The van der Waals surface area contributed by atoms with Gasteiger partial charge in [0.2, 0.25) is 16.9 Å². The fourth-order valence-corrected chi connectivity index (χ4v) is 3.95. The molecule has 1 saturated carbocycles. The van der Waals surface area contributed by atoms with Gasteiger partial charge in [-0.15, -0.1) is 15.3 Å². The highest BCUT2D eigenvalue weighted by Gasteiger charge is 2.24. The molecule has 1 aliphatic rings. The Morgan fingerprint density at radius 2 is 1.88 bits per heavy atom. The lowest BCUT2D eigenvalue weighted by Crippen LogP contribution is -2.08. The van der Waals surface area contributed by atoms with Crippen LogP contribution in [0.1, 0.15) is 55.4 Å². The maximum absolute atomic E-state index is 5.86. The van der Waals surface area contributed by atoms with E-state index in [0.29, 0.717) is 17.8 Å². The van der Waals surface area contributed by atoms with Gasteiger partial charge in [0.05, 0.1) is 11.3 Å². The highest BCUT2D eigenvalue weighted by molar-refractivity contribution is 7.99. The average Bonchev–Trinajstić information content (AvgIpc) is 3.36. The van der Waals surface area contributed by atoms with Crippen LogP contribution in [-0.2, 0) is 0 Å². The minimum absolute atomic E-state index is 0.0159. The summed E-state index contributed by atoms with van der Waals surface area (Å²) in [6.07, 6.45) is 4.78. The fourth-order valence-electron chi connectivity index (χ4n) is 3.06. The zero-order chi connectivity index (χ0) is 17.2. The second-order valence-electron chi connectivity index (χ2n) is 6.42. The smallest absolute Gasteiger partial charge is 0.247 e. The van der Waals surface area contributed by atoms with Crippen LogP contribution in [0.25, 0.3) is 11.5 Å². The van der Waals surface area contributed by atoms with E-state index in [1.165, 1.54) is 18.4 Å². The van der Waals surface area contributed by atoms with Crippen LogP contribution in [0.3, 0.4) is 0 Å². The minimum atomic E-state index is -0.0159. The van der Waals surface area contributed by atoms with Crippen LogP contribution in [0.2, 0.25) is 0 Å². The summed E-state index contributed by atoms with van der Waals surface area (Å²) in [4.78, 5) is 0. The van der Waals surface area contributed by atoms with Crippen molar-refractivity contribution in [3.8, 4) is 11.5 Å². The summed E-state index contributed by atoms with van der Waals surface area (Å²) >= 11 is 1.56. The lowest BCUT2D eigenvalue weighted by molar-refractivity contribution is 0.422. The van der Waals surface area contributed by atoms with Gasteiger partial charge in [-0.3, -0.25) is 0 Å². The molecule has 7 nitrogen and oxygen atoms in total. The molecule has 1 aliphatic carbocycles. The summed E-state index contributed by atoms with van der Waals surface area (Å²) in [6.45, 7) is 4.08. The minimum Gasteiger partial charge on any atom is -0.419 e. The van der Waals surface area contributed by atoms with E-state index in [9.17, 15) is 0 Å². The van der Waals surface area contributed by atoms with Crippen LogP contribution in [0, 0.1) is 6.92 Å². The van der Waals surface area contributed by atoms with Gasteiger partial charge in [-0.2, -0.15) is 0 Å². The highest BCUT2D eigenvalue weighted by atomic mass is 32.2. The zero-order valence-electron chi connectivity index (χ0n) is 14.3. The van der Waals surface area contributed by atoms with E-state index in [-0.39, 0.29) is 5.25 Å². The third-order valence-corrected chi connectivity index (χ3v) is 5.54. The van der Waals surface area contributed by atoms with E-state index < -0.39 is 0 Å². The van der Waals surface area contributed by atoms with Gasteiger partial charge < -0.3 is 4.42 Å². The molecule has 0 spiro atoms. The molecule has 0 N–H and O–H groups in total. The summed E-state index contributed by atoms with van der Waals surface area (Å²) in [6, 6.07) is 8.46. The van der Waals surface area contributed by atoms with Gasteiger partial charge in [0.1, 0.15) is 0 Å². The Kier molecular flexibility index (Phi) is 4.52. The van der Waals surface area contributed by atoms with Crippen LogP contribution >= 0.6 is 11.8 Å². The lowest BCUT2D eigenvalue weighted by atomic mass is 10.1. The van der Waals surface area contributed by atoms with Crippen molar-refractivity contribution in [3.05, 3.63) is 35.7 Å². The Labute approximate surface area is 150 Å². The highest BCUT2D eigenvalue weighted by Crippen LogP contribution is 2.37. The van der Waals surface area contributed by atoms with Gasteiger partial charge in [-0.25, -0.2) is 4.68 Å². The predicted octanol–water partition coefficient (Wildman–Crippen LogP) is 4.00. The average molecular weight is 356 g/mol. The Bertz CT molecular complexity index is 837. The number of aryl methyl sites for hydroxylation is 1. The van der Waals surface area contributed by atoms with Crippen molar-refractivity contribution in [2.24, 2.45) is 0 Å². The second-order valence-corrected chi connectivity index (χ2v) is 7.72. The molecular formula is C17H20N6OS. The molecule has 0 saturated heterocycles.